The minimum Gasteiger partial charge on any atom is -0.292 e. The van der Waals surface area contributed by atoms with Crippen LogP contribution in [0.4, 0.5) is 0 Å². The fourth-order valence-corrected chi connectivity index (χ4v) is 6.39. The van der Waals surface area contributed by atoms with Crippen LogP contribution in [0.15, 0.2) is 170 Å². The molecule has 0 bridgehead atoms. The van der Waals surface area contributed by atoms with Gasteiger partial charge in [0.05, 0.1) is 22.0 Å². The van der Waals surface area contributed by atoms with Crippen molar-refractivity contribution in [3.05, 3.63) is 170 Å². The molecule has 0 saturated heterocycles. The molecule has 0 saturated carbocycles. The Kier molecular flexibility index (Phi) is 4.27. The van der Waals surface area contributed by atoms with Crippen LogP contribution in [-0.2, 0) is 0 Å². The van der Waals surface area contributed by atoms with Crippen molar-refractivity contribution in [2.45, 2.75) is 0 Å². The van der Waals surface area contributed by atoms with Gasteiger partial charge in [-0.15, -0.1) is 0 Å². The van der Waals surface area contributed by atoms with E-state index in [4.69, 9.17) is 10.5 Å². The number of nitrogens with zero attached hydrogens (tertiary/aromatic N) is 2. The molecule has 9 aromatic rings. The largest absolute Gasteiger partial charge is 0.292 e. The predicted molar refractivity (Wildman–Crippen MR) is 190 cm³/mol. The lowest BCUT2D eigenvalue weighted by Gasteiger charge is -2.18. The zero-order valence-electron chi connectivity index (χ0n) is 31.9. The highest BCUT2D eigenvalue weighted by molar-refractivity contribution is 6.21. The first kappa shape index (κ1) is 18.6. The van der Waals surface area contributed by atoms with Gasteiger partial charge < -0.3 is 0 Å². The second-order valence-corrected chi connectivity index (χ2v) is 11.0. The average molecular weight is 581 g/mol. The van der Waals surface area contributed by atoms with E-state index in [9.17, 15) is 5.48 Å². The van der Waals surface area contributed by atoms with Gasteiger partial charge >= 0.3 is 0 Å². The maximum atomic E-state index is 9.28. The number of fused-ring (bicyclic) bond motifs is 4. The van der Waals surface area contributed by atoms with Gasteiger partial charge in [-0.3, -0.25) is 4.57 Å². The SMILES string of the molecule is [2H]c1c([2H])c([2H])c2c(-c3ccc4ccccc4c3)c3c([2H])c([2H])c([2H])c([2H])c3c(-c3ccc(-n4c(-c5ccccc5)nc5ccccc54)cc3)c2c1[2H]. The van der Waals surface area contributed by atoms with Gasteiger partial charge in [-0.05, 0) is 84.9 Å². The lowest BCUT2D eigenvalue weighted by Crippen LogP contribution is -1.97. The Hall–Kier alpha value is -5.99. The molecule has 0 N–H and O–H groups in total. The van der Waals surface area contributed by atoms with Crippen LogP contribution in [0.1, 0.15) is 11.0 Å². The Morgan fingerprint density at radius 2 is 1.02 bits per heavy atom. The summed E-state index contributed by atoms with van der Waals surface area (Å²) < 4.78 is 74.0. The molecule has 0 amide bonds. The number of hydrogen-bond acceptors (Lipinski definition) is 1. The van der Waals surface area contributed by atoms with Crippen LogP contribution in [0, 0.1) is 0 Å². The second-order valence-electron chi connectivity index (χ2n) is 11.0. The minimum absolute atomic E-state index is 0.183. The zero-order chi connectivity index (χ0) is 36.7. The van der Waals surface area contributed by atoms with Crippen molar-refractivity contribution in [2.75, 3.05) is 0 Å². The first-order chi connectivity index (χ1) is 25.7. The monoisotopic (exact) mass is 580 g/mol. The van der Waals surface area contributed by atoms with E-state index in [1.807, 2.05) is 121 Å². The number of para-hydroxylation sites is 2. The molecule has 45 heavy (non-hydrogen) atoms. The highest BCUT2D eigenvalue weighted by Crippen LogP contribution is 2.44. The summed E-state index contributed by atoms with van der Waals surface area (Å²) in [4.78, 5) is 4.95. The molecular weight excluding hydrogens is 544 g/mol. The van der Waals surface area contributed by atoms with Gasteiger partial charge in [0.25, 0.3) is 0 Å². The zero-order valence-corrected chi connectivity index (χ0v) is 23.9. The number of imidazole rings is 1. The van der Waals surface area contributed by atoms with Crippen LogP contribution in [-0.4, -0.2) is 9.55 Å². The molecule has 0 unspecified atom stereocenters. The molecule has 0 atom stereocenters. The van der Waals surface area contributed by atoms with E-state index in [-0.39, 0.29) is 45.7 Å². The molecule has 0 fully saturated rings. The van der Waals surface area contributed by atoms with Crippen molar-refractivity contribution in [1.29, 1.82) is 0 Å². The quantitative estimate of drug-likeness (QED) is 0.189. The molecule has 0 aliphatic rings. The summed E-state index contributed by atoms with van der Waals surface area (Å²) in [5.74, 6) is 0.749. The van der Waals surface area contributed by atoms with Crippen molar-refractivity contribution in [3.63, 3.8) is 0 Å². The maximum absolute atomic E-state index is 9.28. The summed E-state index contributed by atoms with van der Waals surface area (Å²) in [5, 5.41) is 2.59. The summed E-state index contributed by atoms with van der Waals surface area (Å²) in [6.45, 7) is 0. The summed E-state index contributed by atoms with van der Waals surface area (Å²) in [6.07, 6.45) is 0. The average Bonchev–Trinajstić information content (AvgIpc) is 3.59. The van der Waals surface area contributed by atoms with Crippen molar-refractivity contribution in [3.8, 4) is 39.3 Å². The van der Waals surface area contributed by atoms with Gasteiger partial charge in [-0.1, -0.05) is 139 Å². The van der Waals surface area contributed by atoms with E-state index in [1.165, 1.54) is 0 Å². The van der Waals surface area contributed by atoms with Gasteiger partial charge in [0, 0.05) is 11.3 Å². The van der Waals surface area contributed by atoms with Crippen molar-refractivity contribution in [1.82, 2.24) is 9.55 Å². The van der Waals surface area contributed by atoms with Crippen LogP contribution >= 0.6 is 0 Å². The molecule has 9 rings (SSSR count). The Bertz CT molecular complexity index is 2890. The molecule has 1 heterocycles. The Labute approximate surface area is 272 Å². The van der Waals surface area contributed by atoms with E-state index in [0.717, 1.165) is 38.9 Å². The topological polar surface area (TPSA) is 17.8 Å². The fraction of sp³-hybridized carbons (Fsp3) is 0. The van der Waals surface area contributed by atoms with E-state index >= 15 is 0 Å². The first-order valence-electron chi connectivity index (χ1n) is 18.7. The predicted octanol–water partition coefficient (Wildman–Crippen LogP) is 11.5. The van der Waals surface area contributed by atoms with Gasteiger partial charge in [-0.2, -0.15) is 0 Å². The number of aromatic nitrogens is 2. The van der Waals surface area contributed by atoms with E-state index in [1.54, 1.807) is 0 Å². The lowest BCUT2D eigenvalue weighted by molar-refractivity contribution is 1.10. The number of benzene rings is 8. The van der Waals surface area contributed by atoms with Crippen LogP contribution in [0.3, 0.4) is 0 Å². The molecule has 0 aliphatic carbocycles. The van der Waals surface area contributed by atoms with Crippen LogP contribution in [0.25, 0.3) is 82.7 Å². The van der Waals surface area contributed by atoms with Gasteiger partial charge in [0.2, 0.25) is 0 Å². The number of hydrogen-bond donors (Lipinski definition) is 0. The standard InChI is InChI=1S/C43H28N2/c1-2-13-31(14-3-1)43-44-39-20-10-11-21-40(39)45(43)34-26-24-30(25-27-34)41-35-16-6-8-18-37(35)42(38-19-9-7-17-36(38)41)33-23-22-29-12-4-5-15-32(29)28-33/h1-28H/i6D,7D,8D,9D,16D,17D,18D,19D. The summed E-state index contributed by atoms with van der Waals surface area (Å²) in [6, 6.07) is 35.8. The van der Waals surface area contributed by atoms with Crippen LogP contribution in [0.2, 0.25) is 0 Å². The molecule has 1 aromatic heterocycles. The summed E-state index contributed by atoms with van der Waals surface area (Å²) >= 11 is 0. The van der Waals surface area contributed by atoms with Crippen molar-refractivity contribution < 1.29 is 11.0 Å². The molecule has 8 aromatic carbocycles. The molecule has 2 nitrogen and oxygen atoms in total. The molecule has 0 aliphatic heterocycles. The van der Waals surface area contributed by atoms with Crippen molar-refractivity contribution in [2.24, 2.45) is 0 Å². The highest BCUT2D eigenvalue weighted by Gasteiger charge is 2.18. The van der Waals surface area contributed by atoms with E-state index < -0.39 is 24.2 Å². The van der Waals surface area contributed by atoms with E-state index in [0.29, 0.717) is 22.3 Å². The second kappa shape index (κ2) is 10.3. The third-order valence-electron chi connectivity index (χ3n) is 8.42. The van der Waals surface area contributed by atoms with Gasteiger partial charge in [-0.25, -0.2) is 4.98 Å². The maximum Gasteiger partial charge on any atom is 0.145 e. The Morgan fingerprint density at radius 3 is 1.71 bits per heavy atom. The van der Waals surface area contributed by atoms with Gasteiger partial charge in [0.1, 0.15) is 5.82 Å². The molecule has 2 heteroatoms. The normalized spacial score (nSPS) is 14.0. The van der Waals surface area contributed by atoms with Crippen molar-refractivity contribution >= 4 is 43.4 Å². The Morgan fingerprint density at radius 1 is 0.467 bits per heavy atom. The lowest BCUT2D eigenvalue weighted by atomic mass is 9.85. The minimum atomic E-state index is -0.428. The summed E-state index contributed by atoms with van der Waals surface area (Å²) in [7, 11) is 0. The van der Waals surface area contributed by atoms with Crippen LogP contribution in [0.5, 0.6) is 0 Å². The van der Waals surface area contributed by atoms with Gasteiger partial charge in [0.15, 0.2) is 0 Å². The third kappa shape index (κ3) is 4.15. The third-order valence-corrected chi connectivity index (χ3v) is 8.42. The highest BCUT2D eigenvalue weighted by atomic mass is 15.1. The first-order valence-corrected chi connectivity index (χ1v) is 14.7. The smallest absolute Gasteiger partial charge is 0.145 e. The number of rotatable bonds is 4. The molecule has 0 spiro atoms. The molecule has 0 radical (unpaired) electrons. The van der Waals surface area contributed by atoms with E-state index in [2.05, 4.69) is 4.57 Å². The van der Waals surface area contributed by atoms with Crippen LogP contribution < -0.4 is 0 Å². The summed E-state index contributed by atoms with van der Waals surface area (Å²) in [5.41, 5.74) is 5.21. The molecule has 210 valence electrons. The molecular formula is C43H28N2. The Balaban J connectivity index is 1.40. The fourth-order valence-electron chi connectivity index (χ4n) is 6.39.